The van der Waals surface area contributed by atoms with Crippen LogP contribution in [0.1, 0.15) is 38.2 Å². The summed E-state index contributed by atoms with van der Waals surface area (Å²) in [7, 11) is 0. The van der Waals surface area contributed by atoms with Gasteiger partial charge in [0.25, 0.3) is 0 Å². The lowest BCUT2D eigenvalue weighted by Gasteiger charge is -2.28. The van der Waals surface area contributed by atoms with Gasteiger partial charge in [-0.05, 0) is 52.4 Å². The van der Waals surface area contributed by atoms with E-state index in [9.17, 15) is 9.18 Å². The number of ether oxygens (including phenoxy) is 1. The van der Waals surface area contributed by atoms with Gasteiger partial charge in [0.2, 0.25) is 5.91 Å². The standard InChI is InChI=1S/C17H23BrFNO2/c1-12-4-2-3-5-16(12)22-9-8-20-17(21)11-13-6-7-15(19)14(18)10-13/h6-7,10,12,16H,2-5,8-9,11H2,1H3,(H,20,21). The first-order valence-electron chi connectivity index (χ1n) is 7.88. The fourth-order valence-corrected chi connectivity index (χ4v) is 3.25. The number of carbonyl (C=O) groups excluding carboxylic acids is 1. The fraction of sp³-hybridized carbons (Fsp3) is 0.588. The molecular weight excluding hydrogens is 349 g/mol. The van der Waals surface area contributed by atoms with E-state index in [1.807, 2.05) is 0 Å². The van der Waals surface area contributed by atoms with E-state index in [1.54, 1.807) is 12.1 Å². The molecule has 1 saturated carbocycles. The maximum Gasteiger partial charge on any atom is 0.224 e. The van der Waals surface area contributed by atoms with Gasteiger partial charge in [-0.25, -0.2) is 4.39 Å². The monoisotopic (exact) mass is 371 g/mol. The summed E-state index contributed by atoms with van der Waals surface area (Å²) in [4.78, 5) is 11.8. The van der Waals surface area contributed by atoms with Crippen LogP contribution in [0.4, 0.5) is 4.39 Å². The Hall–Kier alpha value is -0.940. The summed E-state index contributed by atoms with van der Waals surface area (Å²) < 4.78 is 19.4. The van der Waals surface area contributed by atoms with Crippen molar-refractivity contribution < 1.29 is 13.9 Å². The van der Waals surface area contributed by atoms with Crippen molar-refractivity contribution in [2.45, 2.75) is 45.1 Å². The zero-order valence-corrected chi connectivity index (χ0v) is 14.5. The van der Waals surface area contributed by atoms with E-state index < -0.39 is 0 Å². The van der Waals surface area contributed by atoms with E-state index in [1.165, 1.54) is 25.3 Å². The van der Waals surface area contributed by atoms with Gasteiger partial charge < -0.3 is 10.1 Å². The number of rotatable bonds is 6. The second kappa shape index (κ2) is 8.63. The third kappa shape index (κ3) is 5.36. The molecule has 0 aromatic heterocycles. The molecule has 5 heteroatoms. The Morgan fingerprint density at radius 2 is 2.18 bits per heavy atom. The molecule has 1 amide bonds. The van der Waals surface area contributed by atoms with Gasteiger partial charge >= 0.3 is 0 Å². The minimum atomic E-state index is -0.320. The second-order valence-corrected chi connectivity index (χ2v) is 6.80. The molecule has 3 nitrogen and oxygen atoms in total. The minimum Gasteiger partial charge on any atom is -0.376 e. The van der Waals surface area contributed by atoms with E-state index in [0.717, 1.165) is 12.0 Å². The van der Waals surface area contributed by atoms with Crippen LogP contribution in [0.15, 0.2) is 22.7 Å². The summed E-state index contributed by atoms with van der Waals surface area (Å²) in [6, 6.07) is 4.62. The van der Waals surface area contributed by atoms with Gasteiger partial charge in [-0.3, -0.25) is 4.79 Å². The quantitative estimate of drug-likeness (QED) is 0.771. The maximum absolute atomic E-state index is 13.1. The molecule has 1 aliphatic rings. The van der Waals surface area contributed by atoms with Crippen LogP contribution in [-0.4, -0.2) is 25.2 Å². The highest BCUT2D eigenvalue weighted by Gasteiger charge is 2.21. The van der Waals surface area contributed by atoms with Crippen molar-refractivity contribution in [1.29, 1.82) is 0 Å². The second-order valence-electron chi connectivity index (χ2n) is 5.95. The van der Waals surface area contributed by atoms with Crippen molar-refractivity contribution in [2.75, 3.05) is 13.2 Å². The molecule has 1 aromatic carbocycles. The van der Waals surface area contributed by atoms with Crippen molar-refractivity contribution >= 4 is 21.8 Å². The molecule has 1 aromatic rings. The molecule has 0 aliphatic heterocycles. The molecule has 0 saturated heterocycles. The third-order valence-corrected chi connectivity index (χ3v) is 4.75. The zero-order chi connectivity index (χ0) is 15.9. The van der Waals surface area contributed by atoms with Crippen LogP contribution in [0.3, 0.4) is 0 Å². The van der Waals surface area contributed by atoms with Crippen molar-refractivity contribution in [3.63, 3.8) is 0 Å². The van der Waals surface area contributed by atoms with Crippen molar-refractivity contribution in [1.82, 2.24) is 5.32 Å². The van der Waals surface area contributed by atoms with Crippen molar-refractivity contribution in [3.05, 3.63) is 34.1 Å². The summed E-state index contributed by atoms with van der Waals surface area (Å²) in [6.07, 6.45) is 5.47. The highest BCUT2D eigenvalue weighted by molar-refractivity contribution is 9.10. The first-order chi connectivity index (χ1) is 10.6. The molecule has 2 unspecified atom stereocenters. The first kappa shape index (κ1) is 17.4. The van der Waals surface area contributed by atoms with Gasteiger partial charge in [-0.2, -0.15) is 0 Å². The summed E-state index contributed by atoms with van der Waals surface area (Å²) in [5.41, 5.74) is 0.785. The van der Waals surface area contributed by atoms with Crippen LogP contribution < -0.4 is 5.32 Å². The number of carbonyl (C=O) groups is 1. The molecule has 2 atom stereocenters. The van der Waals surface area contributed by atoms with Crippen LogP contribution in [0.25, 0.3) is 0 Å². The van der Waals surface area contributed by atoms with E-state index in [-0.39, 0.29) is 18.1 Å². The molecule has 0 bridgehead atoms. The largest absolute Gasteiger partial charge is 0.376 e. The summed E-state index contributed by atoms with van der Waals surface area (Å²) in [6.45, 7) is 3.30. The average Bonchev–Trinajstić information content (AvgIpc) is 2.49. The topological polar surface area (TPSA) is 38.3 Å². The number of hydrogen-bond donors (Lipinski definition) is 1. The van der Waals surface area contributed by atoms with E-state index in [4.69, 9.17) is 4.74 Å². The Bertz CT molecular complexity index is 509. The third-order valence-electron chi connectivity index (χ3n) is 4.14. The molecule has 1 N–H and O–H groups in total. The smallest absolute Gasteiger partial charge is 0.224 e. The van der Waals surface area contributed by atoms with Crippen LogP contribution >= 0.6 is 15.9 Å². The molecule has 0 spiro atoms. The number of hydrogen-bond acceptors (Lipinski definition) is 2. The predicted octanol–water partition coefficient (Wildman–Crippen LogP) is 3.84. The van der Waals surface area contributed by atoms with Gasteiger partial charge in [-0.15, -0.1) is 0 Å². The summed E-state index contributed by atoms with van der Waals surface area (Å²) in [5.74, 6) is 0.221. The fourth-order valence-electron chi connectivity index (χ4n) is 2.83. The first-order valence-corrected chi connectivity index (χ1v) is 8.68. The maximum atomic E-state index is 13.1. The Morgan fingerprint density at radius 3 is 2.91 bits per heavy atom. The molecule has 22 heavy (non-hydrogen) atoms. The Morgan fingerprint density at radius 1 is 1.41 bits per heavy atom. The molecule has 0 radical (unpaired) electrons. The molecule has 1 aliphatic carbocycles. The Balaban J connectivity index is 1.66. The van der Waals surface area contributed by atoms with Crippen LogP contribution in [0, 0.1) is 11.7 Å². The molecule has 1 fully saturated rings. The Labute approximate surface area is 139 Å². The van der Waals surface area contributed by atoms with E-state index in [2.05, 4.69) is 28.2 Å². The number of amides is 1. The van der Waals surface area contributed by atoms with Crippen LogP contribution in [0.5, 0.6) is 0 Å². The number of nitrogens with one attached hydrogen (secondary N) is 1. The van der Waals surface area contributed by atoms with Gasteiger partial charge in [-0.1, -0.05) is 25.8 Å². The minimum absolute atomic E-state index is 0.0706. The van der Waals surface area contributed by atoms with Gasteiger partial charge in [0, 0.05) is 6.54 Å². The van der Waals surface area contributed by atoms with Crippen molar-refractivity contribution in [3.8, 4) is 0 Å². The van der Waals surface area contributed by atoms with Crippen molar-refractivity contribution in [2.24, 2.45) is 5.92 Å². The van der Waals surface area contributed by atoms with Crippen LogP contribution in [-0.2, 0) is 16.0 Å². The predicted molar refractivity (Wildman–Crippen MR) is 88.2 cm³/mol. The average molecular weight is 372 g/mol. The Kier molecular flexibility index (Phi) is 6.83. The lowest BCUT2D eigenvalue weighted by atomic mass is 9.88. The summed E-state index contributed by atoms with van der Waals surface area (Å²) in [5, 5.41) is 2.85. The van der Waals surface area contributed by atoms with Gasteiger partial charge in [0.05, 0.1) is 23.6 Å². The summed E-state index contributed by atoms with van der Waals surface area (Å²) >= 11 is 3.12. The zero-order valence-electron chi connectivity index (χ0n) is 12.9. The van der Waals surface area contributed by atoms with E-state index >= 15 is 0 Å². The lowest BCUT2D eigenvalue weighted by molar-refractivity contribution is -0.120. The number of halogens is 2. The molecule has 0 heterocycles. The number of benzene rings is 1. The lowest BCUT2D eigenvalue weighted by Crippen LogP contribution is -2.32. The SMILES string of the molecule is CC1CCCCC1OCCNC(=O)Cc1ccc(F)c(Br)c1. The van der Waals surface area contributed by atoms with Gasteiger partial charge in [0.15, 0.2) is 0 Å². The van der Waals surface area contributed by atoms with E-state index in [0.29, 0.717) is 29.6 Å². The molecule has 122 valence electrons. The normalized spacial score (nSPS) is 21.6. The van der Waals surface area contributed by atoms with Crippen LogP contribution in [0.2, 0.25) is 0 Å². The molecular formula is C17H23BrFNO2. The highest BCUT2D eigenvalue weighted by atomic mass is 79.9. The highest BCUT2D eigenvalue weighted by Crippen LogP contribution is 2.26. The van der Waals surface area contributed by atoms with Gasteiger partial charge in [0.1, 0.15) is 5.82 Å². The molecule has 2 rings (SSSR count).